The van der Waals surface area contributed by atoms with Gasteiger partial charge in [0, 0.05) is 12.1 Å². The van der Waals surface area contributed by atoms with Crippen molar-refractivity contribution in [1.82, 2.24) is 10.4 Å². The molecule has 0 aliphatic heterocycles. The van der Waals surface area contributed by atoms with Gasteiger partial charge in [0.1, 0.15) is 5.75 Å². The Hall–Kier alpha value is -2.91. The highest BCUT2D eigenvalue weighted by Crippen LogP contribution is 2.49. The van der Waals surface area contributed by atoms with Crippen molar-refractivity contribution in [2.45, 2.75) is 91.2 Å². The number of nitrogens with zero attached hydrogens (tertiary/aromatic N) is 1. The second-order valence-corrected chi connectivity index (χ2v) is 13.1. The van der Waals surface area contributed by atoms with Crippen molar-refractivity contribution in [1.29, 1.82) is 0 Å². The lowest BCUT2D eigenvalue weighted by Gasteiger charge is -2.35. The van der Waals surface area contributed by atoms with Gasteiger partial charge in [-0.1, -0.05) is 25.3 Å². The number of amides is 2. The van der Waals surface area contributed by atoms with E-state index in [-0.39, 0.29) is 52.9 Å². The van der Waals surface area contributed by atoms with Crippen LogP contribution in [0, 0.1) is 34.4 Å². The van der Waals surface area contributed by atoms with Gasteiger partial charge in [-0.2, -0.15) is 5.12 Å². The van der Waals surface area contributed by atoms with Gasteiger partial charge in [0.05, 0.1) is 43.8 Å². The smallest absolute Gasteiger partial charge is 0.311 e. The fourth-order valence-corrected chi connectivity index (χ4v) is 6.76. The van der Waals surface area contributed by atoms with E-state index in [4.69, 9.17) is 14.2 Å². The molecule has 1 N–H and O–H groups in total. The van der Waals surface area contributed by atoms with Crippen molar-refractivity contribution in [2.75, 3.05) is 20.8 Å². The number of benzene rings is 1. The van der Waals surface area contributed by atoms with E-state index >= 15 is 8.87 Å². The SMILES string of the molecule is CCC(C)(C)CN(F)C(=O)[C@H]1[C@@H]2CC[C@@H](C2)[C@H]1NC(=O)c1cc(O[C@H]2CC[C@@](C)(C(=O)OC)CC2)c(F)cc1OC. The molecule has 3 aliphatic rings. The van der Waals surface area contributed by atoms with Crippen LogP contribution in [0.25, 0.3) is 0 Å². The zero-order chi connectivity index (χ0) is 30.1. The molecule has 10 heteroatoms. The molecule has 3 saturated carbocycles. The molecular formula is C31H44F2N2O6. The number of nitrogens with one attached hydrogen (secondary N) is 1. The van der Waals surface area contributed by atoms with Crippen molar-refractivity contribution in [3.63, 3.8) is 0 Å². The molecule has 0 unspecified atom stereocenters. The molecule has 0 heterocycles. The van der Waals surface area contributed by atoms with Gasteiger partial charge < -0.3 is 19.5 Å². The number of carbonyl (C=O) groups excluding carboxylic acids is 3. The highest BCUT2D eigenvalue weighted by molar-refractivity contribution is 5.98. The number of fused-ring (bicyclic) bond motifs is 2. The van der Waals surface area contributed by atoms with Crippen LogP contribution < -0.4 is 14.8 Å². The molecule has 0 radical (unpaired) electrons. The molecular weight excluding hydrogens is 534 g/mol. The Morgan fingerprint density at radius 1 is 1.07 bits per heavy atom. The van der Waals surface area contributed by atoms with Crippen molar-refractivity contribution >= 4 is 17.8 Å². The zero-order valence-electron chi connectivity index (χ0n) is 25.1. The summed E-state index contributed by atoms with van der Waals surface area (Å²) in [7, 11) is 2.71. The van der Waals surface area contributed by atoms with E-state index in [1.807, 2.05) is 27.7 Å². The van der Waals surface area contributed by atoms with Crippen molar-refractivity contribution < 1.29 is 37.5 Å². The lowest BCUT2D eigenvalue weighted by Crippen LogP contribution is -2.50. The van der Waals surface area contributed by atoms with Crippen LogP contribution in [-0.4, -0.2) is 55.8 Å². The van der Waals surface area contributed by atoms with Crippen molar-refractivity contribution in [3.05, 3.63) is 23.5 Å². The average molecular weight is 579 g/mol. The first-order valence-electron chi connectivity index (χ1n) is 14.7. The number of hydrogen-bond acceptors (Lipinski definition) is 6. The topological polar surface area (TPSA) is 94.2 Å². The number of esters is 1. The Morgan fingerprint density at radius 2 is 1.73 bits per heavy atom. The Balaban J connectivity index is 1.49. The second-order valence-electron chi connectivity index (χ2n) is 13.1. The maximum atomic E-state index is 15.1. The molecule has 0 saturated heterocycles. The first-order chi connectivity index (χ1) is 19.3. The summed E-state index contributed by atoms with van der Waals surface area (Å²) in [6, 6.07) is 1.92. The Kier molecular flexibility index (Phi) is 9.19. The van der Waals surface area contributed by atoms with E-state index < -0.39 is 35.0 Å². The van der Waals surface area contributed by atoms with Crippen molar-refractivity contribution in [3.8, 4) is 11.5 Å². The van der Waals surface area contributed by atoms with E-state index in [2.05, 4.69) is 5.32 Å². The average Bonchev–Trinajstić information content (AvgIpc) is 3.56. The van der Waals surface area contributed by atoms with Crippen LogP contribution >= 0.6 is 0 Å². The van der Waals surface area contributed by atoms with Crippen LogP contribution in [0.5, 0.6) is 11.5 Å². The van der Waals surface area contributed by atoms with Gasteiger partial charge in [-0.25, -0.2) is 4.39 Å². The molecule has 0 spiro atoms. The summed E-state index contributed by atoms with van der Waals surface area (Å²) in [5.41, 5.74) is -0.888. The van der Waals surface area contributed by atoms with Gasteiger partial charge >= 0.3 is 5.97 Å². The summed E-state index contributed by atoms with van der Waals surface area (Å²) in [6.07, 6.45) is 4.96. The number of hydrogen-bond donors (Lipinski definition) is 1. The molecule has 1 aromatic rings. The van der Waals surface area contributed by atoms with Crippen LogP contribution in [0.4, 0.5) is 8.87 Å². The van der Waals surface area contributed by atoms with E-state index in [1.165, 1.54) is 20.3 Å². The number of ether oxygens (including phenoxy) is 3. The largest absolute Gasteiger partial charge is 0.496 e. The monoisotopic (exact) mass is 578 g/mol. The third-order valence-electron chi connectivity index (χ3n) is 9.77. The Bertz CT molecular complexity index is 1150. The van der Waals surface area contributed by atoms with E-state index in [9.17, 15) is 14.4 Å². The highest BCUT2D eigenvalue weighted by Gasteiger charge is 2.53. The molecule has 41 heavy (non-hydrogen) atoms. The minimum atomic E-state index is -0.667. The molecule has 1 aromatic carbocycles. The maximum Gasteiger partial charge on any atom is 0.311 e. The number of carbonyl (C=O) groups is 3. The summed E-state index contributed by atoms with van der Waals surface area (Å²) < 4.78 is 46.3. The first kappa shape index (κ1) is 31.0. The van der Waals surface area contributed by atoms with Gasteiger partial charge in [-0.3, -0.25) is 14.4 Å². The van der Waals surface area contributed by atoms with Gasteiger partial charge in [0.2, 0.25) is 0 Å². The lowest BCUT2D eigenvalue weighted by atomic mass is 9.75. The van der Waals surface area contributed by atoms with Gasteiger partial charge in [0.15, 0.2) is 11.6 Å². The predicted octanol–water partition coefficient (Wildman–Crippen LogP) is 5.63. The van der Waals surface area contributed by atoms with E-state index in [0.29, 0.717) is 30.8 Å². The molecule has 2 bridgehead atoms. The van der Waals surface area contributed by atoms with Crippen LogP contribution in [0.3, 0.4) is 0 Å². The highest BCUT2D eigenvalue weighted by atomic mass is 19.2. The summed E-state index contributed by atoms with van der Waals surface area (Å²) in [4.78, 5) is 39.0. The molecule has 3 fully saturated rings. The Morgan fingerprint density at radius 3 is 2.34 bits per heavy atom. The fourth-order valence-electron chi connectivity index (χ4n) is 6.76. The third-order valence-corrected chi connectivity index (χ3v) is 9.77. The molecule has 4 rings (SSSR count). The molecule has 0 aromatic heterocycles. The summed E-state index contributed by atoms with van der Waals surface area (Å²) in [5, 5.41) is 3.31. The van der Waals surface area contributed by atoms with Crippen LogP contribution in [0.1, 0.15) is 89.4 Å². The number of halogens is 2. The summed E-state index contributed by atoms with van der Waals surface area (Å²) >= 11 is 0. The first-order valence-corrected chi connectivity index (χ1v) is 14.7. The van der Waals surface area contributed by atoms with E-state index in [0.717, 1.165) is 31.7 Å². The predicted molar refractivity (Wildman–Crippen MR) is 148 cm³/mol. The molecule has 3 aliphatic carbocycles. The van der Waals surface area contributed by atoms with Gasteiger partial charge in [-0.05, 0) is 81.6 Å². The number of rotatable bonds is 10. The second kappa shape index (κ2) is 12.1. The summed E-state index contributed by atoms with van der Waals surface area (Å²) in [5.74, 6) is -2.66. The third kappa shape index (κ3) is 6.46. The van der Waals surface area contributed by atoms with Crippen LogP contribution in [-0.2, 0) is 14.3 Å². The Labute approximate surface area is 241 Å². The fraction of sp³-hybridized carbons (Fsp3) is 0.710. The molecule has 2 amide bonds. The zero-order valence-corrected chi connectivity index (χ0v) is 25.1. The van der Waals surface area contributed by atoms with E-state index in [1.54, 1.807) is 0 Å². The van der Waals surface area contributed by atoms with Crippen LogP contribution in [0.15, 0.2) is 12.1 Å². The molecule has 8 nitrogen and oxygen atoms in total. The normalized spacial score (nSPS) is 29.1. The molecule has 4 atom stereocenters. The quantitative estimate of drug-likeness (QED) is 0.286. The van der Waals surface area contributed by atoms with Crippen molar-refractivity contribution in [2.24, 2.45) is 28.6 Å². The van der Waals surface area contributed by atoms with Gasteiger partial charge in [-0.15, -0.1) is 0 Å². The minimum absolute atomic E-state index is 0.0106. The van der Waals surface area contributed by atoms with Crippen LogP contribution in [0.2, 0.25) is 0 Å². The summed E-state index contributed by atoms with van der Waals surface area (Å²) in [6.45, 7) is 7.63. The lowest BCUT2D eigenvalue weighted by molar-refractivity contribution is -0.157. The van der Waals surface area contributed by atoms with Gasteiger partial charge in [0.25, 0.3) is 11.8 Å². The number of methoxy groups -OCH3 is 2. The molecule has 228 valence electrons. The maximum absolute atomic E-state index is 15.1. The standard InChI is InChI=1S/C31H44F2N2O6/c1-7-30(2,3)17-35(33)28(37)25-18-8-9-19(14-18)26(25)34-27(36)21-15-24(22(32)16-23(21)39-5)41-20-10-12-31(4,13-11-20)29(38)40-6/h15-16,18-20,25-26H,7-14,17H2,1-6H3,(H,34,36)/t18-,19+,20-,25+,26-,31+/m1/s1. The minimum Gasteiger partial charge on any atom is -0.496 e.